The van der Waals surface area contributed by atoms with E-state index >= 15 is 0 Å². The second-order valence-corrected chi connectivity index (χ2v) is 3.78. The van der Waals surface area contributed by atoms with Crippen molar-refractivity contribution in [3.05, 3.63) is 0 Å². The Hall–Kier alpha value is -1.54. The van der Waals surface area contributed by atoms with Crippen LogP contribution >= 0.6 is 0 Å². The van der Waals surface area contributed by atoms with Gasteiger partial charge in [0.25, 0.3) is 0 Å². The number of rotatable bonds is 7. The van der Waals surface area contributed by atoms with Crippen molar-refractivity contribution in [2.75, 3.05) is 26.2 Å². The fourth-order valence-electron chi connectivity index (χ4n) is 0.870. The van der Waals surface area contributed by atoms with E-state index in [1.54, 1.807) is 0 Å². The Labute approximate surface area is 96.4 Å². The molecule has 16 heavy (non-hydrogen) atoms. The van der Waals surface area contributed by atoms with E-state index in [2.05, 4.69) is 21.9 Å². The molecule has 0 aliphatic heterocycles. The summed E-state index contributed by atoms with van der Waals surface area (Å²) in [6, 6.07) is 0. The van der Waals surface area contributed by atoms with Crippen LogP contribution in [0.3, 0.4) is 0 Å². The summed E-state index contributed by atoms with van der Waals surface area (Å²) in [6.07, 6.45) is 5.00. The molecule has 0 radical (unpaired) electrons. The average molecular weight is 225 g/mol. The van der Waals surface area contributed by atoms with Crippen LogP contribution in [0.4, 0.5) is 0 Å². The van der Waals surface area contributed by atoms with Gasteiger partial charge in [0.15, 0.2) is 0 Å². The van der Waals surface area contributed by atoms with Crippen molar-refractivity contribution in [1.29, 1.82) is 0 Å². The zero-order chi connectivity index (χ0) is 12.4. The Morgan fingerprint density at radius 3 is 2.38 bits per heavy atom. The van der Waals surface area contributed by atoms with Gasteiger partial charge in [0.2, 0.25) is 11.8 Å². The Morgan fingerprint density at radius 1 is 1.19 bits per heavy atom. The standard InChI is InChI=1S/C11H19N3O2/c1-4-5-12-7-10(15)14-8-11(16)13-6-9(2)3/h1,9,12H,5-8H2,2-3H3,(H,13,16)(H,14,15). The average Bonchev–Trinajstić information content (AvgIpc) is 2.24. The quantitative estimate of drug-likeness (QED) is 0.388. The van der Waals surface area contributed by atoms with E-state index in [1.807, 2.05) is 13.8 Å². The van der Waals surface area contributed by atoms with E-state index in [9.17, 15) is 9.59 Å². The molecule has 0 rings (SSSR count). The topological polar surface area (TPSA) is 70.2 Å². The van der Waals surface area contributed by atoms with Crippen LogP contribution in [0.5, 0.6) is 0 Å². The maximum atomic E-state index is 11.2. The van der Waals surface area contributed by atoms with Crippen LogP contribution in [0.15, 0.2) is 0 Å². The summed E-state index contributed by atoms with van der Waals surface area (Å²) in [4.78, 5) is 22.3. The molecule has 3 N–H and O–H groups in total. The van der Waals surface area contributed by atoms with Gasteiger partial charge in [-0.15, -0.1) is 6.42 Å². The van der Waals surface area contributed by atoms with Crippen LogP contribution in [0.1, 0.15) is 13.8 Å². The fourth-order valence-corrected chi connectivity index (χ4v) is 0.870. The summed E-state index contributed by atoms with van der Waals surface area (Å²) in [5, 5.41) is 7.91. The maximum absolute atomic E-state index is 11.2. The molecule has 0 spiro atoms. The van der Waals surface area contributed by atoms with Gasteiger partial charge in [-0.3, -0.25) is 14.9 Å². The number of carbonyl (C=O) groups excluding carboxylic acids is 2. The summed E-state index contributed by atoms with van der Waals surface area (Å²) in [5.74, 6) is 2.33. The number of hydrogen-bond acceptors (Lipinski definition) is 3. The number of terminal acetylenes is 1. The Kier molecular flexibility index (Phi) is 7.90. The molecule has 0 heterocycles. The van der Waals surface area contributed by atoms with Crippen LogP contribution in [0.25, 0.3) is 0 Å². The lowest BCUT2D eigenvalue weighted by Gasteiger charge is -2.08. The largest absolute Gasteiger partial charge is 0.354 e. The van der Waals surface area contributed by atoms with Gasteiger partial charge in [0.05, 0.1) is 19.6 Å². The molecule has 90 valence electrons. The van der Waals surface area contributed by atoms with Crippen LogP contribution in [-0.2, 0) is 9.59 Å². The number of nitrogens with one attached hydrogen (secondary N) is 3. The van der Waals surface area contributed by atoms with Crippen molar-refractivity contribution >= 4 is 11.8 Å². The second-order valence-electron chi connectivity index (χ2n) is 3.78. The zero-order valence-electron chi connectivity index (χ0n) is 9.80. The molecule has 0 aliphatic carbocycles. The van der Waals surface area contributed by atoms with Crippen LogP contribution in [0.2, 0.25) is 0 Å². The molecule has 5 nitrogen and oxygen atoms in total. The third-order valence-electron chi connectivity index (χ3n) is 1.67. The number of hydrogen-bond donors (Lipinski definition) is 3. The van der Waals surface area contributed by atoms with Gasteiger partial charge in [-0.1, -0.05) is 19.8 Å². The highest BCUT2D eigenvalue weighted by Crippen LogP contribution is 1.85. The highest BCUT2D eigenvalue weighted by atomic mass is 16.2. The van der Waals surface area contributed by atoms with Crippen molar-refractivity contribution in [3.63, 3.8) is 0 Å². The summed E-state index contributed by atoms with van der Waals surface area (Å²) in [6.45, 7) is 5.09. The van der Waals surface area contributed by atoms with Gasteiger partial charge < -0.3 is 10.6 Å². The molecule has 0 saturated heterocycles. The predicted octanol–water partition coefficient (Wildman–Crippen LogP) is -0.902. The van der Waals surface area contributed by atoms with Gasteiger partial charge in [0.1, 0.15) is 0 Å². The minimum atomic E-state index is -0.241. The van der Waals surface area contributed by atoms with Crippen molar-refractivity contribution < 1.29 is 9.59 Å². The minimum Gasteiger partial charge on any atom is -0.354 e. The lowest BCUT2D eigenvalue weighted by molar-refractivity contribution is -0.125. The van der Waals surface area contributed by atoms with Crippen LogP contribution < -0.4 is 16.0 Å². The van der Waals surface area contributed by atoms with Crippen molar-refractivity contribution in [2.24, 2.45) is 5.92 Å². The Balaban J connectivity index is 3.52. The van der Waals surface area contributed by atoms with E-state index < -0.39 is 0 Å². The first-order chi connectivity index (χ1) is 7.56. The van der Waals surface area contributed by atoms with Crippen molar-refractivity contribution in [1.82, 2.24) is 16.0 Å². The van der Waals surface area contributed by atoms with E-state index in [1.165, 1.54) is 0 Å². The highest BCUT2D eigenvalue weighted by molar-refractivity contribution is 5.85. The summed E-state index contributed by atoms with van der Waals surface area (Å²) in [7, 11) is 0. The first-order valence-electron chi connectivity index (χ1n) is 5.23. The molecule has 0 atom stereocenters. The predicted molar refractivity (Wildman–Crippen MR) is 62.6 cm³/mol. The minimum absolute atomic E-state index is 0.00326. The molecule has 5 heteroatoms. The van der Waals surface area contributed by atoms with Crippen molar-refractivity contribution in [2.45, 2.75) is 13.8 Å². The normalized spacial score (nSPS) is 9.62. The fraction of sp³-hybridized carbons (Fsp3) is 0.636. The smallest absolute Gasteiger partial charge is 0.239 e. The molecule has 0 fully saturated rings. The Morgan fingerprint density at radius 2 is 1.81 bits per heavy atom. The van der Waals surface area contributed by atoms with Gasteiger partial charge in [-0.05, 0) is 5.92 Å². The first kappa shape index (κ1) is 14.5. The molecule has 0 aromatic carbocycles. The molecular weight excluding hydrogens is 206 g/mol. The maximum Gasteiger partial charge on any atom is 0.239 e. The second kappa shape index (κ2) is 8.74. The Bertz CT molecular complexity index is 269. The highest BCUT2D eigenvalue weighted by Gasteiger charge is 2.04. The third kappa shape index (κ3) is 9.03. The summed E-state index contributed by atoms with van der Waals surface area (Å²) >= 11 is 0. The molecule has 0 saturated carbocycles. The first-order valence-corrected chi connectivity index (χ1v) is 5.23. The van der Waals surface area contributed by atoms with Crippen LogP contribution in [0, 0.1) is 18.3 Å². The van der Waals surface area contributed by atoms with E-state index in [0.717, 1.165) is 0 Å². The SMILES string of the molecule is C#CCNCC(=O)NCC(=O)NCC(C)C. The lowest BCUT2D eigenvalue weighted by atomic mass is 10.2. The monoisotopic (exact) mass is 225 g/mol. The van der Waals surface area contributed by atoms with Gasteiger partial charge in [-0.2, -0.15) is 0 Å². The zero-order valence-corrected chi connectivity index (χ0v) is 9.80. The molecule has 0 aliphatic rings. The molecular formula is C11H19N3O2. The van der Waals surface area contributed by atoms with E-state index in [4.69, 9.17) is 6.42 Å². The number of carbonyl (C=O) groups is 2. The molecule has 0 unspecified atom stereocenters. The third-order valence-corrected chi connectivity index (χ3v) is 1.67. The summed E-state index contributed by atoms with van der Waals surface area (Å²) in [5.41, 5.74) is 0. The van der Waals surface area contributed by atoms with Crippen LogP contribution in [-0.4, -0.2) is 38.0 Å². The molecule has 2 amide bonds. The van der Waals surface area contributed by atoms with Crippen molar-refractivity contribution in [3.8, 4) is 12.3 Å². The molecule has 0 aromatic rings. The summed E-state index contributed by atoms with van der Waals surface area (Å²) < 4.78 is 0. The van der Waals surface area contributed by atoms with Gasteiger partial charge in [0, 0.05) is 6.54 Å². The van der Waals surface area contributed by atoms with E-state index in [0.29, 0.717) is 19.0 Å². The molecule has 0 aromatic heterocycles. The van der Waals surface area contributed by atoms with E-state index in [-0.39, 0.29) is 24.9 Å². The lowest BCUT2D eigenvalue weighted by Crippen LogP contribution is -2.41. The van der Waals surface area contributed by atoms with Gasteiger partial charge >= 0.3 is 0 Å². The number of amides is 2. The molecule has 0 bridgehead atoms. The van der Waals surface area contributed by atoms with Gasteiger partial charge in [-0.25, -0.2) is 0 Å².